The Labute approximate surface area is 137 Å². The number of cyclic esters (lactones) is 1. The number of ether oxygens (including phenoxy) is 2. The average Bonchev–Trinajstić information content (AvgIpc) is 3.03. The lowest BCUT2D eigenvalue weighted by atomic mass is 10.2. The van der Waals surface area contributed by atoms with Crippen molar-refractivity contribution in [2.75, 3.05) is 13.2 Å². The molecule has 0 atom stereocenters. The van der Waals surface area contributed by atoms with Crippen LogP contribution < -0.4 is 0 Å². The zero-order valence-electron chi connectivity index (χ0n) is 12.6. The summed E-state index contributed by atoms with van der Waals surface area (Å²) in [6.07, 6.45) is 0.900. The predicted molar refractivity (Wildman–Crippen MR) is 84.3 cm³/mol. The Balaban J connectivity index is 1.89. The van der Waals surface area contributed by atoms with E-state index in [0.29, 0.717) is 11.1 Å². The largest absolute Gasteiger partial charge is 0.447 e. The van der Waals surface area contributed by atoms with Crippen LogP contribution in [0.25, 0.3) is 6.08 Å². The van der Waals surface area contributed by atoms with E-state index in [1.807, 2.05) is 0 Å². The molecule has 24 heavy (non-hydrogen) atoms. The molecule has 1 amide bonds. The lowest BCUT2D eigenvalue weighted by Crippen LogP contribution is -2.26. The van der Waals surface area contributed by atoms with Gasteiger partial charge >= 0.3 is 12.1 Å². The van der Waals surface area contributed by atoms with Gasteiger partial charge in [-0.05, 0) is 29.8 Å². The topological polar surface area (TPSA) is 55.8 Å². The Bertz CT molecular complexity index is 771. The standard InChI is InChI=1S/C18H14FNO4/c19-15-8-6-13(7-9-15)12-16(20-10-11-23-18(20)22)24-17(21)14-4-2-1-3-5-14/h1-9,12H,10-11H2/b16-12+. The molecule has 3 rings (SSSR count). The van der Waals surface area contributed by atoms with Crippen LogP contribution in [0.2, 0.25) is 0 Å². The number of esters is 1. The number of carbonyl (C=O) groups excluding carboxylic acids is 2. The van der Waals surface area contributed by atoms with E-state index in [0.717, 1.165) is 0 Å². The van der Waals surface area contributed by atoms with Gasteiger partial charge in [-0.3, -0.25) is 0 Å². The maximum Gasteiger partial charge on any atom is 0.416 e. The van der Waals surface area contributed by atoms with Gasteiger partial charge in [0.25, 0.3) is 0 Å². The van der Waals surface area contributed by atoms with Crippen molar-refractivity contribution < 1.29 is 23.5 Å². The SMILES string of the molecule is O=C(O/C(=C/c1ccc(F)cc1)N1CCOC1=O)c1ccccc1. The molecule has 0 aliphatic carbocycles. The van der Waals surface area contributed by atoms with Crippen molar-refractivity contribution in [1.82, 2.24) is 4.90 Å². The first-order valence-electron chi connectivity index (χ1n) is 7.32. The van der Waals surface area contributed by atoms with Gasteiger partial charge in [0.2, 0.25) is 5.88 Å². The van der Waals surface area contributed by atoms with Crippen LogP contribution >= 0.6 is 0 Å². The lowest BCUT2D eigenvalue weighted by Gasteiger charge is -2.16. The summed E-state index contributed by atoms with van der Waals surface area (Å²) in [5.74, 6) is -0.933. The van der Waals surface area contributed by atoms with E-state index in [1.165, 1.54) is 35.2 Å². The number of rotatable bonds is 4. The molecule has 5 nitrogen and oxygen atoms in total. The second kappa shape index (κ2) is 6.95. The van der Waals surface area contributed by atoms with Crippen LogP contribution in [0.4, 0.5) is 9.18 Å². The van der Waals surface area contributed by atoms with Gasteiger partial charge in [0.05, 0.1) is 12.1 Å². The monoisotopic (exact) mass is 327 g/mol. The molecule has 0 aromatic heterocycles. The summed E-state index contributed by atoms with van der Waals surface area (Å²) in [4.78, 5) is 25.3. The first kappa shape index (κ1) is 15.7. The highest BCUT2D eigenvalue weighted by Crippen LogP contribution is 2.19. The number of benzene rings is 2. The van der Waals surface area contributed by atoms with E-state index in [4.69, 9.17) is 9.47 Å². The van der Waals surface area contributed by atoms with Crippen molar-refractivity contribution in [3.05, 3.63) is 77.4 Å². The predicted octanol–water partition coefficient (Wildman–Crippen LogP) is 3.43. The van der Waals surface area contributed by atoms with Gasteiger partial charge in [-0.15, -0.1) is 0 Å². The number of hydrogen-bond donors (Lipinski definition) is 0. The van der Waals surface area contributed by atoms with Crippen LogP contribution in [0.5, 0.6) is 0 Å². The third kappa shape index (κ3) is 3.60. The summed E-state index contributed by atoms with van der Waals surface area (Å²) in [6, 6.07) is 14.0. The molecule has 1 fully saturated rings. The first-order valence-corrected chi connectivity index (χ1v) is 7.32. The summed E-state index contributed by atoms with van der Waals surface area (Å²) < 4.78 is 23.3. The smallest absolute Gasteiger partial charge is 0.416 e. The molecular weight excluding hydrogens is 313 g/mol. The number of hydrogen-bond acceptors (Lipinski definition) is 4. The van der Waals surface area contributed by atoms with Gasteiger partial charge in [0.15, 0.2) is 0 Å². The second-order valence-electron chi connectivity index (χ2n) is 5.06. The van der Waals surface area contributed by atoms with Crippen LogP contribution in [-0.2, 0) is 9.47 Å². The maximum absolute atomic E-state index is 13.0. The quantitative estimate of drug-likeness (QED) is 0.638. The van der Waals surface area contributed by atoms with E-state index in [2.05, 4.69) is 0 Å². The van der Waals surface area contributed by atoms with Gasteiger partial charge in [0.1, 0.15) is 12.4 Å². The molecule has 0 N–H and O–H groups in total. The van der Waals surface area contributed by atoms with Crippen LogP contribution in [-0.4, -0.2) is 30.1 Å². The second-order valence-corrected chi connectivity index (χ2v) is 5.06. The van der Waals surface area contributed by atoms with Crippen molar-refractivity contribution in [1.29, 1.82) is 0 Å². The fraction of sp³-hybridized carbons (Fsp3) is 0.111. The minimum atomic E-state index is -0.594. The van der Waals surface area contributed by atoms with Gasteiger partial charge in [-0.2, -0.15) is 0 Å². The zero-order chi connectivity index (χ0) is 16.9. The van der Waals surface area contributed by atoms with Gasteiger partial charge < -0.3 is 9.47 Å². The third-order valence-electron chi connectivity index (χ3n) is 3.39. The van der Waals surface area contributed by atoms with Crippen molar-refractivity contribution in [3.8, 4) is 0 Å². The highest BCUT2D eigenvalue weighted by Gasteiger charge is 2.28. The van der Waals surface area contributed by atoms with Crippen LogP contribution in [0.1, 0.15) is 15.9 Å². The van der Waals surface area contributed by atoms with Crippen LogP contribution in [0.15, 0.2) is 60.5 Å². The summed E-state index contributed by atoms with van der Waals surface area (Å²) in [6.45, 7) is 0.483. The molecule has 0 spiro atoms. The van der Waals surface area contributed by atoms with E-state index in [9.17, 15) is 14.0 Å². The molecule has 0 saturated carbocycles. The average molecular weight is 327 g/mol. The van der Waals surface area contributed by atoms with E-state index in [1.54, 1.807) is 30.3 Å². The lowest BCUT2D eigenvalue weighted by molar-refractivity contribution is 0.0543. The highest BCUT2D eigenvalue weighted by molar-refractivity contribution is 5.90. The molecule has 0 radical (unpaired) electrons. The van der Waals surface area contributed by atoms with Crippen LogP contribution in [0, 0.1) is 5.82 Å². The summed E-state index contributed by atoms with van der Waals surface area (Å²) >= 11 is 0. The molecular formula is C18H14FNO4. The van der Waals surface area contributed by atoms with Crippen LogP contribution in [0.3, 0.4) is 0 Å². The molecule has 2 aromatic carbocycles. The summed E-state index contributed by atoms with van der Waals surface area (Å²) in [5.41, 5.74) is 0.946. The molecule has 1 aliphatic rings. The maximum atomic E-state index is 13.0. The van der Waals surface area contributed by atoms with E-state index in [-0.39, 0.29) is 24.9 Å². The van der Waals surface area contributed by atoms with Gasteiger partial charge in [-0.25, -0.2) is 18.9 Å². The third-order valence-corrected chi connectivity index (χ3v) is 3.39. The molecule has 0 unspecified atom stereocenters. The van der Waals surface area contributed by atoms with Crippen molar-refractivity contribution in [2.24, 2.45) is 0 Å². The summed E-state index contributed by atoms with van der Waals surface area (Å²) in [5, 5.41) is 0. The molecule has 2 aromatic rings. The normalized spacial score (nSPS) is 14.5. The van der Waals surface area contributed by atoms with Crippen molar-refractivity contribution >= 4 is 18.1 Å². The van der Waals surface area contributed by atoms with E-state index >= 15 is 0 Å². The Kier molecular flexibility index (Phi) is 4.56. The van der Waals surface area contributed by atoms with E-state index < -0.39 is 12.1 Å². The molecule has 1 heterocycles. The van der Waals surface area contributed by atoms with Crippen molar-refractivity contribution in [3.63, 3.8) is 0 Å². The number of amides is 1. The molecule has 1 aliphatic heterocycles. The minimum Gasteiger partial charge on any atom is -0.447 e. The Morgan fingerprint density at radius 1 is 1.12 bits per heavy atom. The first-order chi connectivity index (χ1) is 11.6. The number of halogens is 1. The van der Waals surface area contributed by atoms with Gasteiger partial charge in [-0.1, -0.05) is 30.3 Å². The molecule has 1 saturated heterocycles. The fourth-order valence-corrected chi connectivity index (χ4v) is 2.19. The zero-order valence-corrected chi connectivity index (χ0v) is 12.6. The molecule has 0 bridgehead atoms. The Morgan fingerprint density at radius 2 is 1.83 bits per heavy atom. The highest BCUT2D eigenvalue weighted by atomic mass is 19.1. The Hall–Kier alpha value is -3.15. The van der Waals surface area contributed by atoms with Gasteiger partial charge in [0, 0.05) is 6.08 Å². The minimum absolute atomic E-state index is 0.0398. The molecule has 122 valence electrons. The molecule has 6 heteroatoms. The summed E-state index contributed by atoms with van der Waals surface area (Å²) in [7, 11) is 0. The van der Waals surface area contributed by atoms with Crippen molar-refractivity contribution in [2.45, 2.75) is 0 Å². The number of carbonyl (C=O) groups is 2. The number of nitrogens with zero attached hydrogens (tertiary/aromatic N) is 1. The fourth-order valence-electron chi connectivity index (χ4n) is 2.19. The Morgan fingerprint density at radius 3 is 2.46 bits per heavy atom.